The Morgan fingerprint density at radius 1 is 1.13 bits per heavy atom. The van der Waals surface area contributed by atoms with Crippen LogP contribution in [-0.2, 0) is 22.4 Å². The predicted molar refractivity (Wildman–Crippen MR) is 111 cm³/mol. The number of para-hydroxylation sites is 1. The van der Waals surface area contributed by atoms with Crippen LogP contribution in [0.3, 0.4) is 0 Å². The molecule has 4 amide bonds. The lowest BCUT2D eigenvalue weighted by Crippen LogP contribution is -2.34. The first-order valence-corrected chi connectivity index (χ1v) is 10.1. The highest BCUT2D eigenvalue weighted by Crippen LogP contribution is 2.19. The van der Waals surface area contributed by atoms with E-state index in [0.29, 0.717) is 25.9 Å². The van der Waals surface area contributed by atoms with Gasteiger partial charge in [0.2, 0.25) is 5.91 Å². The van der Waals surface area contributed by atoms with Gasteiger partial charge < -0.3 is 20.0 Å². The first-order chi connectivity index (χ1) is 14.6. The lowest BCUT2D eigenvalue weighted by Gasteiger charge is -2.12. The van der Waals surface area contributed by atoms with Gasteiger partial charge in [-0.05, 0) is 36.6 Å². The Bertz CT molecular complexity index is 1040. The number of nitrogens with one attached hydrogen (secondary N) is 3. The van der Waals surface area contributed by atoms with Gasteiger partial charge in [-0.25, -0.2) is 4.79 Å². The van der Waals surface area contributed by atoms with Crippen LogP contribution in [0.15, 0.2) is 53.3 Å². The van der Waals surface area contributed by atoms with Gasteiger partial charge in [0.05, 0.1) is 6.26 Å². The van der Waals surface area contributed by atoms with E-state index in [1.165, 1.54) is 4.90 Å². The van der Waals surface area contributed by atoms with E-state index < -0.39 is 12.1 Å². The minimum absolute atomic E-state index is 0.152. The van der Waals surface area contributed by atoms with Crippen LogP contribution in [-0.4, -0.2) is 46.9 Å². The Labute approximate surface area is 173 Å². The SMILES string of the molecule is O=C(CCC1NC(=O)N(CCc2c[nH]c3ccccc23)C1=O)NCCc1ccco1. The van der Waals surface area contributed by atoms with Crippen LogP contribution in [0.1, 0.15) is 24.2 Å². The van der Waals surface area contributed by atoms with Gasteiger partial charge in [-0.3, -0.25) is 14.5 Å². The first-order valence-electron chi connectivity index (χ1n) is 10.1. The van der Waals surface area contributed by atoms with Crippen molar-refractivity contribution in [2.24, 2.45) is 0 Å². The second kappa shape index (κ2) is 8.86. The molecule has 30 heavy (non-hydrogen) atoms. The van der Waals surface area contributed by atoms with Crippen LogP contribution in [0.25, 0.3) is 10.9 Å². The number of benzene rings is 1. The molecule has 4 rings (SSSR count). The summed E-state index contributed by atoms with van der Waals surface area (Å²) in [5.74, 6) is 0.378. The fourth-order valence-corrected chi connectivity index (χ4v) is 3.70. The number of urea groups is 1. The van der Waals surface area contributed by atoms with E-state index in [1.807, 2.05) is 36.5 Å². The lowest BCUT2D eigenvalue weighted by molar-refractivity contribution is -0.127. The number of nitrogens with zero attached hydrogens (tertiary/aromatic N) is 1. The summed E-state index contributed by atoms with van der Waals surface area (Å²) in [6.07, 6.45) is 5.14. The van der Waals surface area contributed by atoms with Crippen molar-refractivity contribution >= 4 is 28.7 Å². The number of fused-ring (bicyclic) bond motifs is 1. The first kappa shape index (κ1) is 19.8. The van der Waals surface area contributed by atoms with Crippen molar-refractivity contribution in [1.29, 1.82) is 0 Å². The van der Waals surface area contributed by atoms with E-state index in [0.717, 1.165) is 22.2 Å². The smallest absolute Gasteiger partial charge is 0.324 e. The maximum Gasteiger partial charge on any atom is 0.324 e. The lowest BCUT2D eigenvalue weighted by atomic mass is 10.1. The minimum atomic E-state index is -0.656. The predicted octanol–water partition coefficient (Wildman–Crippen LogP) is 2.36. The van der Waals surface area contributed by atoms with Gasteiger partial charge in [0.15, 0.2) is 0 Å². The van der Waals surface area contributed by atoms with E-state index in [2.05, 4.69) is 15.6 Å². The standard InChI is InChI=1S/C22H24N4O4/c27-20(23-11-9-16-4-3-13-30-16)8-7-19-21(28)26(22(29)25-19)12-10-15-14-24-18-6-2-1-5-17(15)18/h1-6,13-14,19,24H,7-12H2,(H,23,27)(H,25,29). The Morgan fingerprint density at radius 2 is 2.00 bits per heavy atom. The third-order valence-electron chi connectivity index (χ3n) is 5.32. The zero-order valence-electron chi connectivity index (χ0n) is 16.5. The average molecular weight is 408 g/mol. The number of H-pyrrole nitrogens is 1. The molecule has 156 valence electrons. The topological polar surface area (TPSA) is 107 Å². The molecule has 0 spiro atoms. The number of carbonyl (C=O) groups is 3. The molecule has 2 aromatic heterocycles. The number of rotatable bonds is 9. The highest BCUT2D eigenvalue weighted by Gasteiger charge is 2.37. The Hall–Kier alpha value is -3.55. The normalized spacial score (nSPS) is 16.3. The van der Waals surface area contributed by atoms with E-state index >= 15 is 0 Å². The largest absolute Gasteiger partial charge is 0.469 e. The molecule has 3 N–H and O–H groups in total. The van der Waals surface area contributed by atoms with Gasteiger partial charge in [-0.15, -0.1) is 0 Å². The molecule has 3 aromatic rings. The molecular weight excluding hydrogens is 384 g/mol. The fraction of sp³-hybridized carbons (Fsp3) is 0.318. The van der Waals surface area contributed by atoms with Crippen molar-refractivity contribution < 1.29 is 18.8 Å². The van der Waals surface area contributed by atoms with Crippen molar-refractivity contribution in [1.82, 2.24) is 20.5 Å². The number of hydrogen-bond acceptors (Lipinski definition) is 4. The van der Waals surface area contributed by atoms with Crippen LogP contribution < -0.4 is 10.6 Å². The molecule has 3 heterocycles. The van der Waals surface area contributed by atoms with E-state index in [4.69, 9.17) is 4.42 Å². The van der Waals surface area contributed by atoms with Gasteiger partial charge in [0.1, 0.15) is 11.8 Å². The Balaban J connectivity index is 1.23. The number of aromatic amines is 1. The molecular formula is C22H24N4O4. The van der Waals surface area contributed by atoms with Gasteiger partial charge in [0, 0.05) is 43.0 Å². The van der Waals surface area contributed by atoms with Crippen molar-refractivity contribution in [2.45, 2.75) is 31.7 Å². The van der Waals surface area contributed by atoms with Crippen LogP contribution in [0.4, 0.5) is 4.79 Å². The third-order valence-corrected chi connectivity index (χ3v) is 5.32. The fourth-order valence-electron chi connectivity index (χ4n) is 3.70. The van der Waals surface area contributed by atoms with Crippen molar-refractivity contribution in [3.05, 3.63) is 60.2 Å². The summed E-state index contributed by atoms with van der Waals surface area (Å²) in [5, 5.41) is 6.58. The third kappa shape index (κ3) is 4.37. The van der Waals surface area contributed by atoms with Crippen LogP contribution in [0.5, 0.6) is 0 Å². The maximum absolute atomic E-state index is 12.6. The van der Waals surface area contributed by atoms with Gasteiger partial charge in [-0.1, -0.05) is 18.2 Å². The summed E-state index contributed by atoms with van der Waals surface area (Å²) < 4.78 is 5.22. The molecule has 1 aliphatic rings. The molecule has 1 fully saturated rings. The molecule has 8 nitrogen and oxygen atoms in total. The summed E-state index contributed by atoms with van der Waals surface area (Å²) >= 11 is 0. The van der Waals surface area contributed by atoms with Gasteiger partial charge in [0.25, 0.3) is 5.91 Å². The second-order valence-corrected chi connectivity index (χ2v) is 7.32. The summed E-state index contributed by atoms with van der Waals surface area (Å²) in [6, 6.07) is 10.5. The quantitative estimate of drug-likeness (QED) is 0.473. The summed E-state index contributed by atoms with van der Waals surface area (Å²) in [6.45, 7) is 0.770. The maximum atomic E-state index is 12.6. The van der Waals surface area contributed by atoms with Crippen LogP contribution >= 0.6 is 0 Å². The highest BCUT2D eigenvalue weighted by atomic mass is 16.3. The van der Waals surface area contributed by atoms with Crippen LogP contribution in [0.2, 0.25) is 0 Å². The molecule has 1 atom stereocenters. The van der Waals surface area contributed by atoms with Gasteiger partial charge in [-0.2, -0.15) is 0 Å². The molecule has 0 saturated carbocycles. The van der Waals surface area contributed by atoms with E-state index in [1.54, 1.807) is 12.3 Å². The van der Waals surface area contributed by atoms with Crippen molar-refractivity contribution in [3.63, 3.8) is 0 Å². The molecule has 0 aliphatic carbocycles. The van der Waals surface area contributed by atoms with Crippen molar-refractivity contribution in [2.75, 3.05) is 13.1 Å². The van der Waals surface area contributed by atoms with E-state index in [9.17, 15) is 14.4 Å². The number of hydrogen-bond donors (Lipinski definition) is 3. The number of amides is 4. The minimum Gasteiger partial charge on any atom is -0.469 e. The molecule has 0 bridgehead atoms. The van der Waals surface area contributed by atoms with E-state index in [-0.39, 0.29) is 24.7 Å². The number of imide groups is 1. The molecule has 8 heteroatoms. The molecule has 1 saturated heterocycles. The number of furan rings is 1. The molecule has 1 aliphatic heterocycles. The number of aromatic nitrogens is 1. The zero-order valence-corrected chi connectivity index (χ0v) is 16.5. The summed E-state index contributed by atoms with van der Waals surface area (Å²) in [4.78, 5) is 41.3. The molecule has 1 unspecified atom stereocenters. The number of carbonyl (C=O) groups excluding carboxylic acids is 3. The monoisotopic (exact) mass is 408 g/mol. The second-order valence-electron chi connectivity index (χ2n) is 7.32. The molecule has 0 radical (unpaired) electrons. The van der Waals surface area contributed by atoms with Gasteiger partial charge >= 0.3 is 6.03 Å². The average Bonchev–Trinajstić information content (AvgIpc) is 3.46. The summed E-state index contributed by atoms with van der Waals surface area (Å²) in [7, 11) is 0. The zero-order chi connectivity index (χ0) is 20.9. The summed E-state index contributed by atoms with van der Waals surface area (Å²) in [5.41, 5.74) is 2.09. The Kier molecular flexibility index (Phi) is 5.83. The highest BCUT2D eigenvalue weighted by molar-refractivity contribution is 6.04. The van der Waals surface area contributed by atoms with Crippen molar-refractivity contribution in [3.8, 4) is 0 Å². The molecule has 1 aromatic carbocycles. The van der Waals surface area contributed by atoms with Crippen LogP contribution in [0, 0.1) is 0 Å². The Morgan fingerprint density at radius 3 is 2.83 bits per heavy atom.